The lowest BCUT2D eigenvalue weighted by Crippen LogP contribution is -2.22. The first-order valence-corrected chi connectivity index (χ1v) is 3.91. The first-order valence-electron chi connectivity index (χ1n) is 3.46. The van der Waals surface area contributed by atoms with E-state index < -0.39 is 7.12 Å². The van der Waals surface area contributed by atoms with Gasteiger partial charge in [-0.15, -0.1) is 12.6 Å². The van der Waals surface area contributed by atoms with Gasteiger partial charge < -0.3 is 14.8 Å². The summed E-state index contributed by atoms with van der Waals surface area (Å²) in [5.74, 6) is 0.598. The molecule has 0 fully saturated rings. The maximum Gasteiger partial charge on any atom is 0.491 e. The Morgan fingerprint density at radius 2 is 1.83 bits per heavy atom. The van der Waals surface area contributed by atoms with Gasteiger partial charge in [0.15, 0.2) is 0 Å². The summed E-state index contributed by atoms with van der Waals surface area (Å²) in [6, 6.07) is 6.96. The molecule has 0 unspecified atom stereocenters. The summed E-state index contributed by atoms with van der Waals surface area (Å²) >= 11 is 4.09. The predicted molar refractivity (Wildman–Crippen MR) is 49.4 cm³/mol. The second kappa shape index (κ2) is 4.40. The van der Waals surface area contributed by atoms with E-state index in [1.807, 2.05) is 0 Å². The average Bonchev–Trinajstić information content (AvgIpc) is 2.03. The van der Waals surface area contributed by atoms with Crippen molar-refractivity contribution >= 4 is 19.7 Å². The molecule has 3 nitrogen and oxygen atoms in total. The van der Waals surface area contributed by atoms with Gasteiger partial charge in [0.05, 0.1) is 0 Å². The van der Waals surface area contributed by atoms with E-state index in [1.165, 1.54) is 0 Å². The standard InChI is InChI=1S/C7H9BO3S/c9-8(10)5-11-6-1-3-7(12)4-2-6/h1-4,9-10,12H,5H2. The summed E-state index contributed by atoms with van der Waals surface area (Å²) in [6.07, 6.45) is 0. The summed E-state index contributed by atoms with van der Waals surface area (Å²) in [4.78, 5) is 0.840. The van der Waals surface area contributed by atoms with Crippen molar-refractivity contribution < 1.29 is 14.8 Å². The molecule has 0 aliphatic heterocycles. The zero-order valence-corrected chi connectivity index (χ0v) is 7.24. The Bertz CT molecular complexity index is 237. The fourth-order valence-corrected chi connectivity index (χ4v) is 0.862. The van der Waals surface area contributed by atoms with Crippen LogP contribution in [0.15, 0.2) is 29.2 Å². The molecular weight excluding hydrogens is 175 g/mol. The molecule has 0 amide bonds. The van der Waals surface area contributed by atoms with Gasteiger partial charge >= 0.3 is 7.12 Å². The molecule has 0 spiro atoms. The largest absolute Gasteiger partial charge is 0.496 e. The fraction of sp³-hybridized carbons (Fsp3) is 0.143. The Labute approximate surface area is 76.5 Å². The minimum absolute atomic E-state index is 0.119. The topological polar surface area (TPSA) is 49.7 Å². The van der Waals surface area contributed by atoms with Crippen molar-refractivity contribution in [1.82, 2.24) is 0 Å². The van der Waals surface area contributed by atoms with Crippen LogP contribution in [0.1, 0.15) is 0 Å². The lowest BCUT2D eigenvalue weighted by molar-refractivity contribution is 0.306. The van der Waals surface area contributed by atoms with Gasteiger partial charge in [-0.25, -0.2) is 0 Å². The monoisotopic (exact) mass is 184 g/mol. The Kier molecular flexibility index (Phi) is 3.46. The summed E-state index contributed by atoms with van der Waals surface area (Å²) in [5.41, 5.74) is 0. The minimum Gasteiger partial charge on any atom is -0.496 e. The van der Waals surface area contributed by atoms with Crippen LogP contribution in [0.5, 0.6) is 5.75 Å². The molecule has 64 valence electrons. The first kappa shape index (κ1) is 9.44. The maximum atomic E-state index is 8.48. The lowest BCUT2D eigenvalue weighted by Gasteiger charge is -2.04. The molecule has 0 atom stereocenters. The molecule has 0 aliphatic rings. The fourth-order valence-electron chi connectivity index (χ4n) is 0.713. The van der Waals surface area contributed by atoms with Gasteiger partial charge in [-0.05, 0) is 24.3 Å². The van der Waals surface area contributed by atoms with E-state index in [4.69, 9.17) is 14.8 Å². The first-order chi connectivity index (χ1) is 5.68. The molecule has 0 heterocycles. The third-order valence-electron chi connectivity index (χ3n) is 1.24. The second-order valence-corrected chi connectivity index (χ2v) is 2.80. The molecule has 0 aromatic heterocycles. The van der Waals surface area contributed by atoms with Gasteiger partial charge in [0.2, 0.25) is 0 Å². The predicted octanol–water partition coefficient (Wildman–Crippen LogP) is 0.366. The van der Waals surface area contributed by atoms with Crippen molar-refractivity contribution in [2.45, 2.75) is 4.90 Å². The van der Waals surface area contributed by atoms with E-state index in [9.17, 15) is 0 Å². The molecule has 12 heavy (non-hydrogen) atoms. The molecule has 0 saturated heterocycles. The lowest BCUT2D eigenvalue weighted by atomic mass is 9.95. The van der Waals surface area contributed by atoms with E-state index in [0.29, 0.717) is 5.75 Å². The zero-order valence-electron chi connectivity index (χ0n) is 6.34. The van der Waals surface area contributed by atoms with Crippen LogP contribution >= 0.6 is 12.6 Å². The molecule has 5 heteroatoms. The van der Waals surface area contributed by atoms with Crippen LogP contribution < -0.4 is 4.74 Å². The van der Waals surface area contributed by atoms with Crippen molar-refractivity contribution in [3.05, 3.63) is 24.3 Å². The third-order valence-corrected chi connectivity index (χ3v) is 1.53. The number of ether oxygens (including phenoxy) is 1. The molecule has 1 aromatic rings. The van der Waals surface area contributed by atoms with Crippen molar-refractivity contribution in [2.75, 3.05) is 6.51 Å². The molecular formula is C7H9BO3S. The molecule has 0 aliphatic carbocycles. The summed E-state index contributed by atoms with van der Waals surface area (Å²) in [7, 11) is -1.43. The van der Waals surface area contributed by atoms with Crippen molar-refractivity contribution in [2.24, 2.45) is 0 Å². The van der Waals surface area contributed by atoms with E-state index >= 15 is 0 Å². The SMILES string of the molecule is OB(O)COc1ccc(S)cc1. The van der Waals surface area contributed by atoms with Crippen molar-refractivity contribution in [1.29, 1.82) is 0 Å². The summed E-state index contributed by atoms with van der Waals surface area (Å²) in [6.45, 7) is -0.119. The van der Waals surface area contributed by atoms with Gasteiger partial charge in [-0.1, -0.05) is 0 Å². The molecule has 0 radical (unpaired) electrons. The Balaban J connectivity index is 2.48. The van der Waals surface area contributed by atoms with Crippen LogP contribution in [0, 0.1) is 0 Å². The number of rotatable bonds is 3. The van der Waals surface area contributed by atoms with Crippen molar-refractivity contribution in [3.63, 3.8) is 0 Å². The van der Waals surface area contributed by atoms with Crippen LogP contribution in [0.4, 0.5) is 0 Å². The molecule has 0 bridgehead atoms. The van der Waals surface area contributed by atoms with Crippen LogP contribution in [-0.2, 0) is 0 Å². The zero-order chi connectivity index (χ0) is 8.97. The van der Waals surface area contributed by atoms with Crippen molar-refractivity contribution in [3.8, 4) is 5.75 Å². The Hall–Kier alpha value is -0.645. The highest BCUT2D eigenvalue weighted by Gasteiger charge is 2.06. The highest BCUT2D eigenvalue weighted by Crippen LogP contribution is 2.13. The normalized spacial score (nSPS) is 9.58. The average molecular weight is 184 g/mol. The van der Waals surface area contributed by atoms with Crippen LogP contribution in [0.25, 0.3) is 0 Å². The highest BCUT2D eigenvalue weighted by atomic mass is 32.1. The maximum absolute atomic E-state index is 8.48. The Morgan fingerprint density at radius 3 is 2.33 bits per heavy atom. The van der Waals surface area contributed by atoms with Gasteiger partial charge in [0, 0.05) is 4.90 Å². The molecule has 1 rings (SSSR count). The van der Waals surface area contributed by atoms with E-state index in [0.717, 1.165) is 4.90 Å². The van der Waals surface area contributed by atoms with Crippen LogP contribution in [-0.4, -0.2) is 23.7 Å². The van der Waals surface area contributed by atoms with Gasteiger partial charge in [0.1, 0.15) is 12.3 Å². The minimum atomic E-state index is -1.43. The molecule has 0 saturated carbocycles. The third kappa shape index (κ3) is 3.17. The molecule has 1 aromatic carbocycles. The van der Waals surface area contributed by atoms with E-state index in [-0.39, 0.29) is 6.51 Å². The van der Waals surface area contributed by atoms with Crippen LogP contribution in [0.3, 0.4) is 0 Å². The van der Waals surface area contributed by atoms with E-state index in [2.05, 4.69) is 12.6 Å². The second-order valence-electron chi connectivity index (χ2n) is 2.29. The van der Waals surface area contributed by atoms with Crippen LogP contribution in [0.2, 0.25) is 0 Å². The summed E-state index contributed by atoms with van der Waals surface area (Å²) in [5, 5.41) is 17.0. The van der Waals surface area contributed by atoms with Gasteiger partial charge in [-0.2, -0.15) is 0 Å². The van der Waals surface area contributed by atoms with Gasteiger partial charge in [-0.3, -0.25) is 0 Å². The quantitative estimate of drug-likeness (QED) is 0.469. The Morgan fingerprint density at radius 1 is 1.25 bits per heavy atom. The van der Waals surface area contributed by atoms with E-state index in [1.54, 1.807) is 24.3 Å². The summed E-state index contributed by atoms with van der Waals surface area (Å²) < 4.78 is 4.99. The number of benzene rings is 1. The number of hydrogen-bond acceptors (Lipinski definition) is 4. The number of hydrogen-bond donors (Lipinski definition) is 3. The number of thiol groups is 1. The molecule has 2 N–H and O–H groups in total. The highest BCUT2D eigenvalue weighted by molar-refractivity contribution is 7.80. The van der Waals surface area contributed by atoms with Gasteiger partial charge in [0.25, 0.3) is 0 Å². The smallest absolute Gasteiger partial charge is 0.491 e.